The molecule has 0 aliphatic rings. The second-order valence-electron chi connectivity index (χ2n) is 4.14. The summed E-state index contributed by atoms with van der Waals surface area (Å²) in [4.78, 5) is 0.00817. The smallest absolute Gasteiger partial charge is 0.261 e. The van der Waals surface area contributed by atoms with E-state index in [0.717, 1.165) is 6.07 Å². The molecule has 0 bridgehead atoms. The minimum atomic E-state index is -3.74. The van der Waals surface area contributed by atoms with Gasteiger partial charge in [0.15, 0.2) is 0 Å². The van der Waals surface area contributed by atoms with E-state index in [4.69, 9.17) is 5.73 Å². The second kappa shape index (κ2) is 4.89. The third-order valence-corrected chi connectivity index (χ3v) is 3.96. The third-order valence-electron chi connectivity index (χ3n) is 2.58. The molecule has 100 valence electrons. The molecular weight excluding hydrogens is 267 g/mol. The fourth-order valence-electron chi connectivity index (χ4n) is 1.60. The largest absolute Gasteiger partial charge is 0.399 e. The van der Waals surface area contributed by atoms with E-state index in [0.29, 0.717) is 11.4 Å². The average molecular weight is 280 g/mol. The Morgan fingerprint density at radius 1 is 1.16 bits per heavy atom. The molecule has 0 fully saturated rings. The highest BCUT2D eigenvalue weighted by atomic mass is 32.2. The van der Waals surface area contributed by atoms with Crippen LogP contribution in [0.25, 0.3) is 0 Å². The van der Waals surface area contributed by atoms with Crippen LogP contribution in [0.15, 0.2) is 47.4 Å². The highest BCUT2D eigenvalue weighted by molar-refractivity contribution is 7.92. The van der Waals surface area contributed by atoms with Gasteiger partial charge in [-0.3, -0.25) is 4.72 Å². The fourth-order valence-corrected chi connectivity index (χ4v) is 2.73. The number of hydrogen-bond donors (Lipinski definition) is 2. The van der Waals surface area contributed by atoms with Gasteiger partial charge in [0.25, 0.3) is 10.0 Å². The maximum atomic E-state index is 13.1. The van der Waals surface area contributed by atoms with Crippen molar-refractivity contribution in [3.63, 3.8) is 0 Å². The van der Waals surface area contributed by atoms with Crippen LogP contribution in [0.2, 0.25) is 0 Å². The van der Waals surface area contributed by atoms with Gasteiger partial charge in [0, 0.05) is 5.69 Å². The lowest BCUT2D eigenvalue weighted by Crippen LogP contribution is -2.13. The lowest BCUT2D eigenvalue weighted by molar-refractivity contribution is 0.598. The Bertz CT molecular complexity index is 714. The van der Waals surface area contributed by atoms with Crippen LogP contribution in [0, 0.1) is 12.7 Å². The molecule has 0 saturated carbocycles. The number of hydrogen-bond acceptors (Lipinski definition) is 3. The summed E-state index contributed by atoms with van der Waals surface area (Å²) >= 11 is 0. The molecule has 0 saturated heterocycles. The number of benzene rings is 2. The highest BCUT2D eigenvalue weighted by Gasteiger charge is 2.15. The number of sulfonamides is 1. The fraction of sp³-hybridized carbons (Fsp3) is 0.0769. The normalized spacial score (nSPS) is 11.3. The molecule has 0 aliphatic carbocycles. The number of anilines is 2. The van der Waals surface area contributed by atoms with Gasteiger partial charge in [0.1, 0.15) is 5.82 Å². The zero-order valence-corrected chi connectivity index (χ0v) is 11.0. The van der Waals surface area contributed by atoms with Crippen molar-refractivity contribution in [1.29, 1.82) is 0 Å². The topological polar surface area (TPSA) is 72.2 Å². The minimum absolute atomic E-state index is 0.00817. The Balaban J connectivity index is 2.35. The first-order valence-electron chi connectivity index (χ1n) is 5.53. The first-order chi connectivity index (χ1) is 8.88. The van der Waals surface area contributed by atoms with Gasteiger partial charge < -0.3 is 5.73 Å². The van der Waals surface area contributed by atoms with E-state index in [9.17, 15) is 12.8 Å². The quantitative estimate of drug-likeness (QED) is 0.848. The Labute approximate surface area is 111 Å². The molecule has 2 aromatic carbocycles. The number of halogens is 1. The standard InChI is InChI=1S/C13H13FN2O2S/c1-9-7-12(5-6-13(9)14)19(17,18)16-11-4-2-3-10(15)8-11/h2-8,16H,15H2,1H3. The van der Waals surface area contributed by atoms with Crippen molar-refractivity contribution in [2.24, 2.45) is 0 Å². The summed E-state index contributed by atoms with van der Waals surface area (Å²) in [5.41, 5.74) is 6.67. The maximum absolute atomic E-state index is 13.1. The van der Waals surface area contributed by atoms with Gasteiger partial charge in [-0.1, -0.05) is 6.07 Å². The lowest BCUT2D eigenvalue weighted by atomic mass is 10.2. The van der Waals surface area contributed by atoms with E-state index in [-0.39, 0.29) is 10.5 Å². The van der Waals surface area contributed by atoms with Gasteiger partial charge in [0.2, 0.25) is 0 Å². The van der Waals surface area contributed by atoms with Crippen molar-refractivity contribution in [2.45, 2.75) is 11.8 Å². The van der Waals surface area contributed by atoms with Crippen molar-refractivity contribution >= 4 is 21.4 Å². The molecule has 0 radical (unpaired) electrons. The van der Waals surface area contributed by atoms with E-state index in [2.05, 4.69) is 4.72 Å². The van der Waals surface area contributed by atoms with Gasteiger partial charge in [-0.2, -0.15) is 0 Å². The monoisotopic (exact) mass is 280 g/mol. The Morgan fingerprint density at radius 2 is 1.89 bits per heavy atom. The SMILES string of the molecule is Cc1cc(S(=O)(=O)Nc2cccc(N)c2)ccc1F. The van der Waals surface area contributed by atoms with Gasteiger partial charge in [0.05, 0.1) is 10.6 Å². The zero-order chi connectivity index (χ0) is 14.0. The minimum Gasteiger partial charge on any atom is -0.399 e. The predicted molar refractivity (Wildman–Crippen MR) is 72.8 cm³/mol. The van der Waals surface area contributed by atoms with Crippen LogP contribution >= 0.6 is 0 Å². The molecule has 3 N–H and O–H groups in total. The number of nitrogens with two attached hydrogens (primary N) is 1. The maximum Gasteiger partial charge on any atom is 0.261 e. The first kappa shape index (κ1) is 13.4. The van der Waals surface area contributed by atoms with Crippen LogP contribution in [0.1, 0.15) is 5.56 Å². The lowest BCUT2D eigenvalue weighted by Gasteiger charge is -2.09. The van der Waals surface area contributed by atoms with E-state index < -0.39 is 15.8 Å². The number of rotatable bonds is 3. The van der Waals surface area contributed by atoms with E-state index in [1.165, 1.54) is 25.1 Å². The summed E-state index contributed by atoms with van der Waals surface area (Å²) in [6, 6.07) is 10.0. The van der Waals surface area contributed by atoms with E-state index in [1.807, 2.05) is 0 Å². The van der Waals surface area contributed by atoms with Crippen LogP contribution in [0.4, 0.5) is 15.8 Å². The Morgan fingerprint density at radius 3 is 2.53 bits per heavy atom. The molecule has 0 atom stereocenters. The first-order valence-corrected chi connectivity index (χ1v) is 7.01. The van der Waals surface area contributed by atoms with Crippen LogP contribution in [0.5, 0.6) is 0 Å². The van der Waals surface area contributed by atoms with Crippen molar-refractivity contribution in [1.82, 2.24) is 0 Å². The van der Waals surface area contributed by atoms with Crippen molar-refractivity contribution in [3.8, 4) is 0 Å². The second-order valence-corrected chi connectivity index (χ2v) is 5.82. The summed E-state index contributed by atoms with van der Waals surface area (Å²) < 4.78 is 39.7. The molecule has 19 heavy (non-hydrogen) atoms. The molecule has 0 amide bonds. The molecule has 0 spiro atoms. The molecule has 4 nitrogen and oxygen atoms in total. The molecule has 2 rings (SSSR count). The van der Waals surface area contributed by atoms with E-state index in [1.54, 1.807) is 18.2 Å². The molecule has 0 unspecified atom stereocenters. The van der Waals surface area contributed by atoms with Crippen molar-refractivity contribution < 1.29 is 12.8 Å². The predicted octanol–water partition coefficient (Wildman–Crippen LogP) is 2.52. The molecule has 0 heterocycles. The summed E-state index contributed by atoms with van der Waals surface area (Å²) in [6.07, 6.45) is 0. The third kappa shape index (κ3) is 3.03. The van der Waals surface area contributed by atoms with Gasteiger partial charge in [-0.15, -0.1) is 0 Å². The zero-order valence-electron chi connectivity index (χ0n) is 10.2. The average Bonchev–Trinajstić information content (AvgIpc) is 2.32. The van der Waals surface area contributed by atoms with Crippen LogP contribution in [-0.4, -0.2) is 8.42 Å². The van der Waals surface area contributed by atoms with Crippen LogP contribution in [0.3, 0.4) is 0 Å². The van der Waals surface area contributed by atoms with Crippen molar-refractivity contribution in [3.05, 3.63) is 53.8 Å². The molecule has 0 aliphatic heterocycles. The van der Waals surface area contributed by atoms with E-state index >= 15 is 0 Å². The molecule has 0 aromatic heterocycles. The summed E-state index contributed by atoms with van der Waals surface area (Å²) in [6.45, 7) is 1.51. The summed E-state index contributed by atoms with van der Waals surface area (Å²) in [5.74, 6) is -0.442. The van der Waals surface area contributed by atoms with Crippen molar-refractivity contribution in [2.75, 3.05) is 10.5 Å². The number of aryl methyl sites for hydroxylation is 1. The Kier molecular flexibility index (Phi) is 3.44. The highest BCUT2D eigenvalue weighted by Crippen LogP contribution is 2.19. The van der Waals surface area contributed by atoms with Gasteiger partial charge >= 0.3 is 0 Å². The molecule has 6 heteroatoms. The Hall–Kier alpha value is -2.08. The van der Waals surface area contributed by atoms with Crippen LogP contribution < -0.4 is 10.5 Å². The summed E-state index contributed by atoms with van der Waals surface area (Å²) in [5, 5.41) is 0. The number of nitrogens with one attached hydrogen (secondary N) is 1. The van der Waals surface area contributed by atoms with Crippen LogP contribution in [-0.2, 0) is 10.0 Å². The van der Waals surface area contributed by atoms with Gasteiger partial charge in [-0.05, 0) is 48.9 Å². The van der Waals surface area contributed by atoms with Gasteiger partial charge in [-0.25, -0.2) is 12.8 Å². The number of nitrogen functional groups attached to an aromatic ring is 1. The summed E-state index contributed by atoms with van der Waals surface area (Å²) in [7, 11) is -3.74. The molecule has 2 aromatic rings. The molecular formula is C13H13FN2O2S.